The van der Waals surface area contributed by atoms with Crippen molar-refractivity contribution < 1.29 is 24.9 Å². The molecule has 0 bridgehead atoms. The maximum Gasteiger partial charge on any atom is 0.338 e. The summed E-state index contributed by atoms with van der Waals surface area (Å²) in [5.74, 6) is -0.573. The Morgan fingerprint density at radius 2 is 2.00 bits per heavy atom. The van der Waals surface area contributed by atoms with E-state index in [-0.39, 0.29) is 18.6 Å². The Kier molecular flexibility index (Phi) is 5.09. The van der Waals surface area contributed by atoms with Crippen molar-refractivity contribution in [1.29, 1.82) is 0 Å². The van der Waals surface area contributed by atoms with Crippen LogP contribution in [0.4, 0.5) is 0 Å². The zero-order valence-corrected chi connectivity index (χ0v) is 9.54. The first-order chi connectivity index (χ1) is 8.11. The molecule has 1 aromatic carbocycles. The Balaban J connectivity index is 3.00. The highest BCUT2D eigenvalue weighted by Gasteiger charge is 2.23. The predicted molar refractivity (Wildman–Crippen MR) is 60.5 cm³/mol. The molecule has 2 atom stereocenters. The number of aliphatic hydroxyl groups excluding tert-OH is 3. The summed E-state index contributed by atoms with van der Waals surface area (Å²) in [6.07, 6.45) is -2.31. The van der Waals surface area contributed by atoms with E-state index >= 15 is 0 Å². The standard InChI is InChI=1S/C12H16O5/c1-17-12(16)9-5-3-2-4-8(9)11(15)10(14)6-7-13/h2-5,10-11,13-15H,6-7H2,1H3. The van der Waals surface area contributed by atoms with E-state index in [4.69, 9.17) is 5.11 Å². The zero-order valence-electron chi connectivity index (χ0n) is 9.54. The van der Waals surface area contributed by atoms with Crippen LogP contribution >= 0.6 is 0 Å². The second-order valence-electron chi connectivity index (χ2n) is 3.60. The van der Waals surface area contributed by atoms with Gasteiger partial charge in [-0.05, 0) is 18.1 Å². The summed E-state index contributed by atoms with van der Waals surface area (Å²) >= 11 is 0. The molecule has 0 radical (unpaired) electrons. The fraction of sp³-hybridized carbons (Fsp3) is 0.417. The molecule has 0 saturated carbocycles. The van der Waals surface area contributed by atoms with Crippen LogP contribution in [0.15, 0.2) is 24.3 Å². The number of hydrogen-bond donors (Lipinski definition) is 3. The highest BCUT2D eigenvalue weighted by molar-refractivity contribution is 5.91. The fourth-order valence-electron chi connectivity index (χ4n) is 1.55. The van der Waals surface area contributed by atoms with Gasteiger partial charge >= 0.3 is 5.97 Å². The van der Waals surface area contributed by atoms with Crippen molar-refractivity contribution in [3.63, 3.8) is 0 Å². The molecule has 2 unspecified atom stereocenters. The van der Waals surface area contributed by atoms with Crippen LogP contribution in [0.1, 0.15) is 28.4 Å². The molecule has 3 N–H and O–H groups in total. The number of ether oxygens (including phenoxy) is 1. The smallest absolute Gasteiger partial charge is 0.338 e. The first kappa shape index (κ1) is 13.6. The lowest BCUT2D eigenvalue weighted by Gasteiger charge is -2.19. The van der Waals surface area contributed by atoms with Gasteiger partial charge in [0, 0.05) is 6.61 Å². The molecular formula is C12H16O5. The van der Waals surface area contributed by atoms with Crippen LogP contribution in [0.25, 0.3) is 0 Å². The van der Waals surface area contributed by atoms with E-state index in [2.05, 4.69) is 4.74 Å². The number of hydrogen-bond acceptors (Lipinski definition) is 5. The highest BCUT2D eigenvalue weighted by atomic mass is 16.5. The summed E-state index contributed by atoms with van der Waals surface area (Å²) in [6, 6.07) is 6.34. The molecule has 0 aliphatic carbocycles. The minimum Gasteiger partial charge on any atom is -0.465 e. The van der Waals surface area contributed by atoms with Crippen LogP contribution in [-0.4, -0.2) is 41.1 Å². The number of rotatable bonds is 5. The molecule has 5 nitrogen and oxygen atoms in total. The van der Waals surface area contributed by atoms with E-state index in [9.17, 15) is 15.0 Å². The first-order valence-electron chi connectivity index (χ1n) is 5.26. The number of carbonyl (C=O) groups excluding carboxylic acids is 1. The molecule has 0 amide bonds. The van der Waals surface area contributed by atoms with Crippen LogP contribution in [-0.2, 0) is 4.74 Å². The van der Waals surface area contributed by atoms with Crippen LogP contribution in [0, 0.1) is 0 Å². The quantitative estimate of drug-likeness (QED) is 0.642. The summed E-state index contributed by atoms with van der Waals surface area (Å²) in [5.41, 5.74) is 0.500. The Bertz CT molecular complexity index is 377. The van der Waals surface area contributed by atoms with Crippen molar-refractivity contribution in [1.82, 2.24) is 0 Å². The molecule has 0 aliphatic heterocycles. The molecule has 0 aliphatic rings. The summed E-state index contributed by atoms with van der Waals surface area (Å²) < 4.78 is 4.59. The number of carbonyl (C=O) groups is 1. The molecule has 1 aromatic rings. The maximum atomic E-state index is 11.5. The van der Waals surface area contributed by atoms with Gasteiger partial charge in [-0.1, -0.05) is 18.2 Å². The molecule has 0 saturated heterocycles. The van der Waals surface area contributed by atoms with Crippen molar-refractivity contribution in [2.45, 2.75) is 18.6 Å². The van der Waals surface area contributed by atoms with Gasteiger partial charge in [-0.2, -0.15) is 0 Å². The monoisotopic (exact) mass is 240 g/mol. The van der Waals surface area contributed by atoms with Crippen molar-refractivity contribution in [2.24, 2.45) is 0 Å². The largest absolute Gasteiger partial charge is 0.465 e. The first-order valence-corrected chi connectivity index (χ1v) is 5.26. The predicted octanol–water partition coefficient (Wildman–Crippen LogP) is 0.250. The van der Waals surface area contributed by atoms with Crippen LogP contribution in [0.5, 0.6) is 0 Å². The Morgan fingerprint density at radius 3 is 2.59 bits per heavy atom. The number of aliphatic hydroxyl groups is 3. The van der Waals surface area contributed by atoms with Gasteiger partial charge in [0.25, 0.3) is 0 Å². The van der Waals surface area contributed by atoms with E-state index in [0.29, 0.717) is 5.56 Å². The fourth-order valence-corrected chi connectivity index (χ4v) is 1.55. The summed E-state index contributed by atoms with van der Waals surface area (Å²) in [4.78, 5) is 11.5. The Labute approximate surface area is 99.3 Å². The van der Waals surface area contributed by atoms with Gasteiger partial charge in [0.1, 0.15) is 6.10 Å². The Hall–Kier alpha value is -1.43. The minimum absolute atomic E-state index is 0.0384. The number of benzene rings is 1. The van der Waals surface area contributed by atoms with E-state index in [0.717, 1.165) is 0 Å². The van der Waals surface area contributed by atoms with Crippen molar-refractivity contribution in [3.8, 4) is 0 Å². The number of methoxy groups -OCH3 is 1. The lowest BCUT2D eigenvalue weighted by Crippen LogP contribution is -2.22. The molecule has 0 heterocycles. The molecule has 0 aromatic heterocycles. The van der Waals surface area contributed by atoms with Gasteiger partial charge < -0.3 is 20.1 Å². The molecule has 94 valence electrons. The van der Waals surface area contributed by atoms with Crippen LogP contribution < -0.4 is 0 Å². The SMILES string of the molecule is COC(=O)c1ccccc1C(O)C(O)CCO. The van der Waals surface area contributed by atoms with Gasteiger partial charge in [0.05, 0.1) is 18.8 Å². The normalized spacial score (nSPS) is 14.1. The third-order valence-corrected chi connectivity index (χ3v) is 2.47. The second kappa shape index (κ2) is 6.34. The number of esters is 1. The molecule has 5 heteroatoms. The van der Waals surface area contributed by atoms with E-state index in [1.165, 1.54) is 19.2 Å². The highest BCUT2D eigenvalue weighted by Crippen LogP contribution is 2.23. The third kappa shape index (κ3) is 3.26. The topological polar surface area (TPSA) is 87.0 Å². The summed E-state index contributed by atoms with van der Waals surface area (Å²) in [5, 5.41) is 28.2. The van der Waals surface area contributed by atoms with E-state index in [1.54, 1.807) is 12.1 Å². The van der Waals surface area contributed by atoms with Crippen LogP contribution in [0.3, 0.4) is 0 Å². The maximum absolute atomic E-state index is 11.5. The lowest BCUT2D eigenvalue weighted by atomic mass is 9.97. The molecule has 0 spiro atoms. The van der Waals surface area contributed by atoms with Crippen molar-refractivity contribution in [2.75, 3.05) is 13.7 Å². The third-order valence-electron chi connectivity index (χ3n) is 2.47. The van der Waals surface area contributed by atoms with E-state index in [1.807, 2.05) is 0 Å². The van der Waals surface area contributed by atoms with Crippen molar-refractivity contribution >= 4 is 5.97 Å². The average Bonchev–Trinajstić information content (AvgIpc) is 2.37. The summed E-state index contributed by atoms with van der Waals surface area (Å²) in [6.45, 7) is -0.237. The van der Waals surface area contributed by atoms with Gasteiger partial charge in [0.2, 0.25) is 0 Å². The molecule has 1 rings (SSSR count). The molecular weight excluding hydrogens is 224 g/mol. The lowest BCUT2D eigenvalue weighted by molar-refractivity contribution is 0.00335. The van der Waals surface area contributed by atoms with Crippen molar-refractivity contribution in [3.05, 3.63) is 35.4 Å². The van der Waals surface area contributed by atoms with Crippen LogP contribution in [0.2, 0.25) is 0 Å². The van der Waals surface area contributed by atoms with Gasteiger partial charge in [-0.3, -0.25) is 0 Å². The van der Waals surface area contributed by atoms with Gasteiger partial charge in [0.15, 0.2) is 0 Å². The minimum atomic E-state index is -1.22. The zero-order chi connectivity index (χ0) is 12.8. The molecule has 17 heavy (non-hydrogen) atoms. The average molecular weight is 240 g/mol. The van der Waals surface area contributed by atoms with Gasteiger partial charge in [-0.25, -0.2) is 4.79 Å². The van der Waals surface area contributed by atoms with Gasteiger partial charge in [-0.15, -0.1) is 0 Å². The summed E-state index contributed by atoms with van der Waals surface area (Å²) in [7, 11) is 1.25. The van der Waals surface area contributed by atoms with E-state index < -0.39 is 18.2 Å². The molecule has 0 fully saturated rings. The second-order valence-corrected chi connectivity index (χ2v) is 3.60. The Morgan fingerprint density at radius 1 is 1.35 bits per heavy atom.